The lowest BCUT2D eigenvalue weighted by Crippen LogP contribution is -2.06. The van der Waals surface area contributed by atoms with Crippen LogP contribution in [0.2, 0.25) is 10.0 Å². The standard InChI is InChI=1S/C16H19Cl2N3/c1-3-5-12-10-15(19-4-2)21-16(20-12)9-11-6-7-13(17)14(18)8-11/h6-8,10H,3-5,9H2,1-2H3,(H,19,20,21). The Bertz CT molecular complexity index is 590. The van der Waals surface area contributed by atoms with Gasteiger partial charge in [-0.25, -0.2) is 9.97 Å². The zero-order valence-electron chi connectivity index (χ0n) is 12.3. The molecule has 0 saturated heterocycles. The van der Waals surface area contributed by atoms with Gasteiger partial charge in [-0.3, -0.25) is 0 Å². The van der Waals surface area contributed by atoms with Crippen molar-refractivity contribution in [3.05, 3.63) is 51.4 Å². The molecular formula is C16H19Cl2N3. The summed E-state index contributed by atoms with van der Waals surface area (Å²) in [4.78, 5) is 9.18. The van der Waals surface area contributed by atoms with Gasteiger partial charge in [-0.2, -0.15) is 0 Å². The Balaban J connectivity index is 2.26. The average Bonchev–Trinajstić information content (AvgIpc) is 2.43. The highest BCUT2D eigenvalue weighted by Gasteiger charge is 2.07. The van der Waals surface area contributed by atoms with Gasteiger partial charge in [0.1, 0.15) is 11.6 Å². The van der Waals surface area contributed by atoms with Crippen LogP contribution in [0.15, 0.2) is 24.3 Å². The molecule has 21 heavy (non-hydrogen) atoms. The molecule has 5 heteroatoms. The van der Waals surface area contributed by atoms with E-state index in [-0.39, 0.29) is 0 Å². The van der Waals surface area contributed by atoms with E-state index in [9.17, 15) is 0 Å². The minimum Gasteiger partial charge on any atom is -0.370 e. The lowest BCUT2D eigenvalue weighted by atomic mass is 10.1. The van der Waals surface area contributed by atoms with E-state index in [4.69, 9.17) is 23.2 Å². The Morgan fingerprint density at radius 2 is 1.86 bits per heavy atom. The Hall–Kier alpha value is -1.32. The van der Waals surface area contributed by atoms with Crippen LogP contribution in [0.3, 0.4) is 0 Å². The quantitative estimate of drug-likeness (QED) is 0.832. The number of anilines is 1. The molecule has 0 radical (unpaired) electrons. The summed E-state index contributed by atoms with van der Waals surface area (Å²) in [6.07, 6.45) is 2.66. The summed E-state index contributed by atoms with van der Waals surface area (Å²) < 4.78 is 0. The van der Waals surface area contributed by atoms with E-state index < -0.39 is 0 Å². The molecule has 112 valence electrons. The Morgan fingerprint density at radius 3 is 2.52 bits per heavy atom. The predicted molar refractivity (Wildman–Crippen MR) is 89.5 cm³/mol. The lowest BCUT2D eigenvalue weighted by Gasteiger charge is -2.09. The molecule has 0 saturated carbocycles. The van der Waals surface area contributed by atoms with Crippen molar-refractivity contribution in [1.29, 1.82) is 0 Å². The highest BCUT2D eigenvalue weighted by atomic mass is 35.5. The van der Waals surface area contributed by atoms with Gasteiger partial charge in [0, 0.05) is 24.7 Å². The minimum absolute atomic E-state index is 0.561. The smallest absolute Gasteiger partial charge is 0.135 e. The molecule has 1 aromatic heterocycles. The molecule has 3 nitrogen and oxygen atoms in total. The first-order valence-corrected chi connectivity index (χ1v) is 7.92. The third kappa shape index (κ3) is 4.58. The first-order chi connectivity index (χ1) is 10.1. The molecule has 1 heterocycles. The summed E-state index contributed by atoms with van der Waals surface area (Å²) in [5.74, 6) is 1.68. The van der Waals surface area contributed by atoms with Crippen molar-refractivity contribution in [3.63, 3.8) is 0 Å². The fraction of sp³-hybridized carbons (Fsp3) is 0.375. The second kappa shape index (κ2) is 7.62. The van der Waals surface area contributed by atoms with Gasteiger partial charge in [-0.15, -0.1) is 0 Å². The van der Waals surface area contributed by atoms with Crippen molar-refractivity contribution >= 4 is 29.0 Å². The highest BCUT2D eigenvalue weighted by molar-refractivity contribution is 6.42. The molecule has 0 aliphatic rings. The number of halogens is 2. The van der Waals surface area contributed by atoms with Crippen LogP contribution in [0.25, 0.3) is 0 Å². The van der Waals surface area contributed by atoms with Crippen LogP contribution in [0.1, 0.15) is 37.4 Å². The molecule has 0 unspecified atom stereocenters. The van der Waals surface area contributed by atoms with Crippen LogP contribution in [0.5, 0.6) is 0 Å². The number of nitrogens with zero attached hydrogens (tertiary/aromatic N) is 2. The summed E-state index contributed by atoms with van der Waals surface area (Å²) in [5.41, 5.74) is 2.12. The van der Waals surface area contributed by atoms with E-state index in [1.165, 1.54) is 0 Å². The molecular weight excluding hydrogens is 305 g/mol. The van der Waals surface area contributed by atoms with Gasteiger partial charge in [-0.05, 0) is 31.0 Å². The summed E-state index contributed by atoms with van der Waals surface area (Å²) >= 11 is 12.0. The SMILES string of the molecule is CCCc1cc(NCC)nc(Cc2ccc(Cl)c(Cl)c2)n1. The summed E-state index contributed by atoms with van der Waals surface area (Å²) in [7, 11) is 0. The number of aromatic nitrogens is 2. The maximum absolute atomic E-state index is 6.06. The molecule has 0 aliphatic carbocycles. The van der Waals surface area contributed by atoms with Crippen molar-refractivity contribution in [1.82, 2.24) is 9.97 Å². The van der Waals surface area contributed by atoms with Crippen LogP contribution in [0, 0.1) is 0 Å². The van der Waals surface area contributed by atoms with Gasteiger partial charge >= 0.3 is 0 Å². The third-order valence-electron chi connectivity index (χ3n) is 3.04. The number of rotatable bonds is 6. The second-order valence-corrected chi connectivity index (χ2v) is 5.68. The van der Waals surface area contributed by atoms with E-state index in [2.05, 4.69) is 29.1 Å². The van der Waals surface area contributed by atoms with Crippen LogP contribution < -0.4 is 5.32 Å². The number of hydrogen-bond donors (Lipinski definition) is 1. The van der Waals surface area contributed by atoms with Crippen molar-refractivity contribution in [2.45, 2.75) is 33.1 Å². The first-order valence-electron chi connectivity index (χ1n) is 7.17. The van der Waals surface area contributed by atoms with Gasteiger partial charge in [0.25, 0.3) is 0 Å². The molecule has 2 aromatic rings. The molecule has 2 rings (SSSR count). The fourth-order valence-corrected chi connectivity index (χ4v) is 2.44. The molecule has 0 atom stereocenters. The predicted octanol–water partition coefficient (Wildman–Crippen LogP) is 4.76. The first kappa shape index (κ1) is 16.1. The average molecular weight is 324 g/mol. The van der Waals surface area contributed by atoms with E-state index in [0.29, 0.717) is 16.5 Å². The zero-order chi connectivity index (χ0) is 15.2. The molecule has 1 aromatic carbocycles. The lowest BCUT2D eigenvalue weighted by molar-refractivity contribution is 0.841. The van der Waals surface area contributed by atoms with E-state index in [0.717, 1.165) is 42.3 Å². The fourth-order valence-electron chi connectivity index (χ4n) is 2.12. The second-order valence-electron chi connectivity index (χ2n) is 4.87. The Kier molecular flexibility index (Phi) is 5.83. The van der Waals surface area contributed by atoms with Gasteiger partial charge in [-0.1, -0.05) is 42.6 Å². The topological polar surface area (TPSA) is 37.8 Å². The van der Waals surface area contributed by atoms with E-state index in [1.54, 1.807) is 6.07 Å². The van der Waals surface area contributed by atoms with Crippen molar-refractivity contribution in [2.75, 3.05) is 11.9 Å². The minimum atomic E-state index is 0.561. The number of aryl methyl sites for hydroxylation is 1. The normalized spacial score (nSPS) is 10.7. The van der Waals surface area contributed by atoms with Crippen LogP contribution in [-0.4, -0.2) is 16.5 Å². The van der Waals surface area contributed by atoms with Gasteiger partial charge in [0.05, 0.1) is 10.0 Å². The third-order valence-corrected chi connectivity index (χ3v) is 3.77. The molecule has 0 aliphatic heterocycles. The van der Waals surface area contributed by atoms with Crippen LogP contribution >= 0.6 is 23.2 Å². The summed E-state index contributed by atoms with van der Waals surface area (Å²) in [6.45, 7) is 5.04. The molecule has 0 amide bonds. The number of benzene rings is 1. The Morgan fingerprint density at radius 1 is 1.05 bits per heavy atom. The number of hydrogen-bond acceptors (Lipinski definition) is 3. The van der Waals surface area contributed by atoms with Crippen molar-refractivity contribution < 1.29 is 0 Å². The summed E-state index contributed by atoms with van der Waals surface area (Å²) in [6, 6.07) is 7.65. The zero-order valence-corrected chi connectivity index (χ0v) is 13.8. The monoisotopic (exact) mass is 323 g/mol. The maximum Gasteiger partial charge on any atom is 0.135 e. The summed E-state index contributed by atoms with van der Waals surface area (Å²) in [5, 5.41) is 4.38. The number of nitrogens with one attached hydrogen (secondary N) is 1. The van der Waals surface area contributed by atoms with Gasteiger partial charge < -0.3 is 5.32 Å². The maximum atomic E-state index is 6.06. The molecule has 0 bridgehead atoms. The van der Waals surface area contributed by atoms with Gasteiger partial charge in [0.15, 0.2) is 0 Å². The van der Waals surface area contributed by atoms with E-state index in [1.807, 2.05) is 18.2 Å². The van der Waals surface area contributed by atoms with Gasteiger partial charge in [0.2, 0.25) is 0 Å². The Labute approximate surface area is 135 Å². The van der Waals surface area contributed by atoms with Crippen molar-refractivity contribution in [2.24, 2.45) is 0 Å². The molecule has 0 spiro atoms. The van der Waals surface area contributed by atoms with Crippen molar-refractivity contribution in [3.8, 4) is 0 Å². The largest absolute Gasteiger partial charge is 0.370 e. The van der Waals surface area contributed by atoms with Crippen LogP contribution in [-0.2, 0) is 12.8 Å². The molecule has 0 fully saturated rings. The molecule has 1 N–H and O–H groups in total. The van der Waals surface area contributed by atoms with Crippen LogP contribution in [0.4, 0.5) is 5.82 Å². The van der Waals surface area contributed by atoms with E-state index >= 15 is 0 Å². The highest BCUT2D eigenvalue weighted by Crippen LogP contribution is 2.23.